The third-order valence-corrected chi connectivity index (χ3v) is 7.10. The topological polar surface area (TPSA) is 93.7 Å². The molecule has 0 aromatic heterocycles. The third kappa shape index (κ3) is 7.07. The molecule has 35 heavy (non-hydrogen) atoms. The van der Waals surface area contributed by atoms with Crippen LogP contribution in [-0.4, -0.2) is 34.1 Å². The predicted molar refractivity (Wildman–Crippen MR) is 136 cm³/mol. The summed E-state index contributed by atoms with van der Waals surface area (Å²) in [6.07, 6.45) is 0.206. The molecular formula is C27H32N2O5S. The number of aryl methyl sites for hydroxylation is 1. The minimum absolute atomic E-state index is 0.0764. The van der Waals surface area contributed by atoms with Gasteiger partial charge in [0, 0.05) is 0 Å². The highest BCUT2D eigenvalue weighted by Crippen LogP contribution is 2.23. The van der Waals surface area contributed by atoms with E-state index in [1.165, 1.54) is 6.07 Å². The first-order valence-electron chi connectivity index (χ1n) is 11.5. The molecule has 0 radical (unpaired) electrons. The average Bonchev–Trinajstić information content (AvgIpc) is 2.85. The molecule has 0 fully saturated rings. The highest BCUT2D eigenvalue weighted by Gasteiger charge is 2.27. The number of carbonyl (C=O) groups is 1. The summed E-state index contributed by atoms with van der Waals surface area (Å²) in [6.45, 7) is 5.99. The van der Waals surface area contributed by atoms with Crippen molar-refractivity contribution in [2.45, 2.75) is 44.2 Å². The molecule has 3 aromatic carbocycles. The van der Waals surface area contributed by atoms with E-state index in [4.69, 9.17) is 9.47 Å². The summed E-state index contributed by atoms with van der Waals surface area (Å²) in [6, 6.07) is 20.0. The summed E-state index contributed by atoms with van der Waals surface area (Å²) in [5.74, 6) is 0.925. The summed E-state index contributed by atoms with van der Waals surface area (Å²) in [7, 11) is -2.38. The van der Waals surface area contributed by atoms with Crippen LogP contribution < -0.4 is 19.5 Å². The fourth-order valence-electron chi connectivity index (χ4n) is 3.69. The molecule has 3 aromatic rings. The summed E-state index contributed by atoms with van der Waals surface area (Å²) < 4.78 is 39.8. The van der Waals surface area contributed by atoms with Crippen LogP contribution in [0.3, 0.4) is 0 Å². The van der Waals surface area contributed by atoms with Crippen molar-refractivity contribution in [1.82, 2.24) is 10.0 Å². The maximum absolute atomic E-state index is 13.3. The number of sulfonamides is 1. The summed E-state index contributed by atoms with van der Waals surface area (Å²) in [4.78, 5) is 13.4. The molecule has 0 aliphatic rings. The summed E-state index contributed by atoms with van der Waals surface area (Å²) in [5.41, 5.74) is 2.42. The highest BCUT2D eigenvalue weighted by molar-refractivity contribution is 7.89. The quantitative estimate of drug-likeness (QED) is 0.416. The molecule has 0 aliphatic heterocycles. The maximum atomic E-state index is 13.3. The normalized spacial score (nSPS) is 13.0. The standard InChI is InChI=1S/C27H32N2O5S/c1-5-34-26-16-15-24(17-19(26)2)35(31,32)29-25(18-21-9-7-6-8-10-21)27(30)28-20(3)22-11-13-23(33-4)14-12-22/h6-17,20,25,29H,5,18H2,1-4H3,(H,28,30)/t20-,25-/m0/s1. The average molecular weight is 497 g/mol. The van der Waals surface area contributed by atoms with E-state index in [9.17, 15) is 13.2 Å². The van der Waals surface area contributed by atoms with Gasteiger partial charge in [0.05, 0.1) is 24.7 Å². The molecule has 7 nitrogen and oxygen atoms in total. The zero-order valence-electron chi connectivity index (χ0n) is 20.4. The van der Waals surface area contributed by atoms with Gasteiger partial charge in [0.15, 0.2) is 0 Å². The highest BCUT2D eigenvalue weighted by atomic mass is 32.2. The predicted octanol–water partition coefficient (Wildman–Crippen LogP) is 4.17. The van der Waals surface area contributed by atoms with Gasteiger partial charge < -0.3 is 14.8 Å². The number of amides is 1. The number of carbonyl (C=O) groups excluding carboxylic acids is 1. The van der Waals surface area contributed by atoms with Crippen molar-refractivity contribution >= 4 is 15.9 Å². The Bertz CT molecular complexity index is 1230. The van der Waals surface area contributed by atoms with Crippen LogP contribution in [0, 0.1) is 6.92 Å². The van der Waals surface area contributed by atoms with Gasteiger partial charge in [0.25, 0.3) is 0 Å². The Morgan fingerprint density at radius 2 is 1.69 bits per heavy atom. The maximum Gasteiger partial charge on any atom is 0.241 e. The van der Waals surface area contributed by atoms with E-state index in [1.807, 2.05) is 68.4 Å². The number of ether oxygens (including phenoxy) is 2. The number of hydrogen-bond donors (Lipinski definition) is 2. The number of benzene rings is 3. The fraction of sp³-hybridized carbons (Fsp3) is 0.296. The minimum atomic E-state index is -3.97. The molecule has 0 saturated heterocycles. The molecule has 8 heteroatoms. The van der Waals surface area contributed by atoms with Crippen LogP contribution in [0.5, 0.6) is 11.5 Å². The van der Waals surface area contributed by atoms with Gasteiger partial charge in [0.2, 0.25) is 15.9 Å². The fourth-order valence-corrected chi connectivity index (χ4v) is 4.97. The SMILES string of the molecule is CCOc1ccc(S(=O)(=O)N[C@@H](Cc2ccccc2)C(=O)N[C@@H](C)c2ccc(OC)cc2)cc1C. The molecule has 3 rings (SSSR count). The zero-order chi connectivity index (χ0) is 25.4. The van der Waals surface area contributed by atoms with E-state index in [1.54, 1.807) is 26.2 Å². The number of nitrogens with one attached hydrogen (secondary N) is 2. The zero-order valence-corrected chi connectivity index (χ0v) is 21.3. The van der Waals surface area contributed by atoms with Crippen molar-refractivity contribution < 1.29 is 22.7 Å². The second-order valence-corrected chi connectivity index (χ2v) is 9.94. The minimum Gasteiger partial charge on any atom is -0.497 e. The van der Waals surface area contributed by atoms with Crippen LogP contribution >= 0.6 is 0 Å². The van der Waals surface area contributed by atoms with Gasteiger partial charge in [-0.05, 0) is 74.2 Å². The monoisotopic (exact) mass is 496 g/mol. The van der Waals surface area contributed by atoms with Gasteiger partial charge in [0.1, 0.15) is 17.5 Å². The van der Waals surface area contributed by atoms with E-state index in [0.29, 0.717) is 23.7 Å². The summed E-state index contributed by atoms with van der Waals surface area (Å²) >= 11 is 0. The first-order valence-corrected chi connectivity index (χ1v) is 13.0. The van der Waals surface area contributed by atoms with Gasteiger partial charge in [-0.25, -0.2) is 8.42 Å². The lowest BCUT2D eigenvalue weighted by atomic mass is 10.0. The lowest BCUT2D eigenvalue weighted by molar-refractivity contribution is -0.123. The Morgan fingerprint density at radius 1 is 1.00 bits per heavy atom. The second-order valence-electron chi connectivity index (χ2n) is 8.23. The van der Waals surface area contributed by atoms with Crippen LogP contribution in [-0.2, 0) is 21.2 Å². The molecule has 2 N–H and O–H groups in total. The molecular weight excluding hydrogens is 464 g/mol. The first kappa shape index (κ1) is 26.2. The van der Waals surface area contributed by atoms with Crippen LogP contribution in [0.25, 0.3) is 0 Å². The lowest BCUT2D eigenvalue weighted by Crippen LogP contribution is -2.48. The number of hydrogen-bond acceptors (Lipinski definition) is 5. The van der Waals surface area contributed by atoms with Crippen molar-refractivity contribution in [3.63, 3.8) is 0 Å². The van der Waals surface area contributed by atoms with Crippen LogP contribution in [0.15, 0.2) is 77.7 Å². The van der Waals surface area contributed by atoms with Crippen LogP contribution in [0.2, 0.25) is 0 Å². The van der Waals surface area contributed by atoms with Gasteiger partial charge in [-0.3, -0.25) is 4.79 Å². The van der Waals surface area contributed by atoms with E-state index in [2.05, 4.69) is 10.0 Å². The molecule has 1 amide bonds. The Balaban J connectivity index is 1.83. The van der Waals surface area contributed by atoms with Gasteiger partial charge >= 0.3 is 0 Å². The van der Waals surface area contributed by atoms with Crippen molar-refractivity contribution in [3.05, 3.63) is 89.5 Å². The number of methoxy groups -OCH3 is 1. The molecule has 0 aliphatic carbocycles. The Kier molecular flexibility index (Phi) is 8.89. The summed E-state index contributed by atoms with van der Waals surface area (Å²) in [5, 5.41) is 2.94. The molecule has 0 unspecified atom stereocenters. The number of rotatable bonds is 11. The largest absolute Gasteiger partial charge is 0.497 e. The van der Waals surface area contributed by atoms with Crippen molar-refractivity contribution in [3.8, 4) is 11.5 Å². The molecule has 0 saturated carbocycles. The van der Waals surface area contributed by atoms with Crippen molar-refractivity contribution in [2.24, 2.45) is 0 Å². The van der Waals surface area contributed by atoms with E-state index >= 15 is 0 Å². The van der Waals surface area contributed by atoms with Crippen molar-refractivity contribution in [2.75, 3.05) is 13.7 Å². The molecule has 186 valence electrons. The lowest BCUT2D eigenvalue weighted by Gasteiger charge is -2.22. The van der Waals surface area contributed by atoms with Gasteiger partial charge in [-0.1, -0.05) is 42.5 Å². The second kappa shape index (κ2) is 11.9. The Morgan fingerprint density at radius 3 is 2.29 bits per heavy atom. The van der Waals surface area contributed by atoms with E-state index < -0.39 is 22.0 Å². The molecule has 0 spiro atoms. The Labute approximate surface area is 207 Å². The molecule has 0 bridgehead atoms. The molecule has 2 atom stereocenters. The van der Waals surface area contributed by atoms with E-state index in [-0.39, 0.29) is 17.4 Å². The van der Waals surface area contributed by atoms with Gasteiger partial charge in [-0.15, -0.1) is 0 Å². The van der Waals surface area contributed by atoms with Crippen LogP contribution in [0.1, 0.15) is 36.6 Å². The molecule has 0 heterocycles. The van der Waals surface area contributed by atoms with Crippen molar-refractivity contribution in [1.29, 1.82) is 0 Å². The Hall–Kier alpha value is -3.36. The third-order valence-electron chi connectivity index (χ3n) is 5.63. The first-order chi connectivity index (χ1) is 16.7. The van der Waals surface area contributed by atoms with E-state index in [0.717, 1.165) is 11.1 Å². The smallest absolute Gasteiger partial charge is 0.241 e. The van der Waals surface area contributed by atoms with Gasteiger partial charge in [-0.2, -0.15) is 4.72 Å². The van der Waals surface area contributed by atoms with Crippen LogP contribution in [0.4, 0.5) is 0 Å².